The molecular weight excluding hydrogens is 290 g/mol. The maximum Gasteiger partial charge on any atom is 0.321 e. The standard InChI is InChI=1S/C15H23NO4S/c1-7-20-14(17)9-16(6)21(18,19)15-12(4)10(2)8-11(3)13(15)5/h8H,7,9H2,1-6H3. The number of sulfonamides is 1. The number of carbonyl (C=O) groups excluding carboxylic acids is 1. The fourth-order valence-corrected chi connectivity index (χ4v) is 3.88. The van der Waals surface area contributed by atoms with E-state index in [0.717, 1.165) is 15.4 Å². The van der Waals surface area contributed by atoms with Gasteiger partial charge >= 0.3 is 5.97 Å². The SMILES string of the molecule is CCOC(=O)CN(C)S(=O)(=O)c1c(C)c(C)cc(C)c1C. The van der Waals surface area contributed by atoms with Crippen molar-refractivity contribution in [1.29, 1.82) is 0 Å². The van der Waals surface area contributed by atoms with E-state index >= 15 is 0 Å². The lowest BCUT2D eigenvalue weighted by Gasteiger charge is -2.21. The first-order chi connectivity index (χ1) is 9.62. The van der Waals surface area contributed by atoms with Gasteiger partial charge in [-0.05, 0) is 56.9 Å². The number of aryl methyl sites for hydroxylation is 2. The van der Waals surface area contributed by atoms with Gasteiger partial charge in [-0.1, -0.05) is 6.07 Å². The van der Waals surface area contributed by atoms with Gasteiger partial charge in [0.15, 0.2) is 0 Å². The van der Waals surface area contributed by atoms with E-state index in [1.54, 1.807) is 20.8 Å². The first-order valence-corrected chi connectivity index (χ1v) is 8.26. The fraction of sp³-hybridized carbons (Fsp3) is 0.533. The highest BCUT2D eigenvalue weighted by molar-refractivity contribution is 7.89. The van der Waals surface area contributed by atoms with Crippen molar-refractivity contribution in [2.75, 3.05) is 20.2 Å². The third-order valence-corrected chi connectivity index (χ3v) is 5.70. The van der Waals surface area contributed by atoms with Gasteiger partial charge in [-0.25, -0.2) is 8.42 Å². The summed E-state index contributed by atoms with van der Waals surface area (Å²) in [6, 6.07) is 1.97. The Morgan fingerprint density at radius 3 is 2.05 bits per heavy atom. The van der Waals surface area contributed by atoms with Gasteiger partial charge in [0.25, 0.3) is 0 Å². The van der Waals surface area contributed by atoms with Crippen molar-refractivity contribution in [3.05, 3.63) is 28.3 Å². The maximum absolute atomic E-state index is 12.7. The van der Waals surface area contributed by atoms with Crippen molar-refractivity contribution in [3.63, 3.8) is 0 Å². The molecule has 118 valence electrons. The third-order valence-electron chi connectivity index (χ3n) is 3.62. The van der Waals surface area contributed by atoms with Crippen molar-refractivity contribution < 1.29 is 17.9 Å². The van der Waals surface area contributed by atoms with E-state index in [4.69, 9.17) is 4.74 Å². The van der Waals surface area contributed by atoms with E-state index in [0.29, 0.717) is 11.1 Å². The molecule has 0 radical (unpaired) electrons. The minimum Gasteiger partial charge on any atom is -0.465 e. The molecule has 0 aliphatic rings. The number of hydrogen-bond donors (Lipinski definition) is 0. The smallest absolute Gasteiger partial charge is 0.321 e. The summed E-state index contributed by atoms with van der Waals surface area (Å²) in [6.07, 6.45) is 0. The van der Waals surface area contributed by atoms with Gasteiger partial charge in [0.2, 0.25) is 10.0 Å². The van der Waals surface area contributed by atoms with Crippen LogP contribution in [0.1, 0.15) is 29.2 Å². The summed E-state index contributed by atoms with van der Waals surface area (Å²) in [5, 5.41) is 0. The predicted molar refractivity (Wildman–Crippen MR) is 81.8 cm³/mol. The van der Waals surface area contributed by atoms with Crippen LogP contribution in [0.15, 0.2) is 11.0 Å². The van der Waals surface area contributed by atoms with E-state index in [9.17, 15) is 13.2 Å². The van der Waals surface area contributed by atoms with Crippen LogP contribution in [0.25, 0.3) is 0 Å². The number of hydrogen-bond acceptors (Lipinski definition) is 4. The third kappa shape index (κ3) is 3.63. The fourth-order valence-electron chi connectivity index (χ4n) is 2.20. The van der Waals surface area contributed by atoms with E-state index in [1.165, 1.54) is 7.05 Å². The molecule has 0 unspecified atom stereocenters. The number of likely N-dealkylation sites (N-methyl/N-ethyl adjacent to an activating group) is 1. The summed E-state index contributed by atoms with van der Waals surface area (Å²) in [4.78, 5) is 11.8. The molecule has 0 heterocycles. The molecule has 0 aliphatic carbocycles. The molecule has 0 fully saturated rings. The van der Waals surface area contributed by atoms with E-state index < -0.39 is 16.0 Å². The molecule has 0 saturated heterocycles. The Bertz CT molecular complexity index is 624. The second-order valence-electron chi connectivity index (χ2n) is 5.16. The highest BCUT2D eigenvalue weighted by Gasteiger charge is 2.28. The van der Waals surface area contributed by atoms with Crippen LogP contribution in [0.3, 0.4) is 0 Å². The van der Waals surface area contributed by atoms with E-state index in [-0.39, 0.29) is 18.0 Å². The number of benzene rings is 1. The molecule has 0 aromatic heterocycles. The van der Waals surface area contributed by atoms with Crippen LogP contribution < -0.4 is 0 Å². The van der Waals surface area contributed by atoms with Crippen molar-refractivity contribution in [2.45, 2.75) is 39.5 Å². The van der Waals surface area contributed by atoms with Crippen LogP contribution in [0.5, 0.6) is 0 Å². The minimum atomic E-state index is -3.73. The monoisotopic (exact) mass is 313 g/mol. The molecule has 1 aromatic carbocycles. The molecule has 0 atom stereocenters. The predicted octanol–water partition coefficient (Wildman–Crippen LogP) is 2.10. The summed E-state index contributed by atoms with van der Waals surface area (Å²) in [5.41, 5.74) is 3.27. The van der Waals surface area contributed by atoms with Crippen molar-refractivity contribution in [3.8, 4) is 0 Å². The first kappa shape index (κ1) is 17.7. The average Bonchev–Trinajstić information content (AvgIpc) is 2.36. The second-order valence-corrected chi connectivity index (χ2v) is 7.14. The van der Waals surface area contributed by atoms with Gasteiger partial charge in [0.05, 0.1) is 11.5 Å². The number of ether oxygens (including phenoxy) is 1. The lowest BCUT2D eigenvalue weighted by Crippen LogP contribution is -2.34. The van der Waals surface area contributed by atoms with Gasteiger partial charge in [-0.3, -0.25) is 4.79 Å². The molecule has 0 aliphatic heterocycles. The summed E-state index contributed by atoms with van der Waals surface area (Å²) < 4.78 is 31.3. The number of rotatable bonds is 5. The topological polar surface area (TPSA) is 63.7 Å². The van der Waals surface area contributed by atoms with Crippen LogP contribution >= 0.6 is 0 Å². The number of esters is 1. The molecule has 0 spiro atoms. The number of nitrogens with zero attached hydrogens (tertiary/aromatic N) is 1. The summed E-state index contributed by atoms with van der Waals surface area (Å²) >= 11 is 0. The molecule has 21 heavy (non-hydrogen) atoms. The molecule has 1 rings (SSSR count). The van der Waals surface area contributed by atoms with Crippen LogP contribution in [0, 0.1) is 27.7 Å². The van der Waals surface area contributed by atoms with Crippen LogP contribution in [0.4, 0.5) is 0 Å². The lowest BCUT2D eigenvalue weighted by atomic mass is 10.0. The summed E-state index contributed by atoms with van der Waals surface area (Å²) in [6.45, 7) is 8.96. The highest BCUT2D eigenvalue weighted by Crippen LogP contribution is 2.28. The van der Waals surface area contributed by atoms with Crippen LogP contribution in [0.2, 0.25) is 0 Å². The van der Waals surface area contributed by atoms with E-state index in [1.807, 2.05) is 19.9 Å². The molecule has 5 nitrogen and oxygen atoms in total. The minimum absolute atomic E-state index is 0.230. The maximum atomic E-state index is 12.7. The van der Waals surface area contributed by atoms with Crippen molar-refractivity contribution >= 4 is 16.0 Å². The normalized spacial score (nSPS) is 11.8. The molecule has 0 saturated carbocycles. The Kier molecular flexibility index (Phi) is 5.53. The summed E-state index contributed by atoms with van der Waals surface area (Å²) in [7, 11) is -2.33. The van der Waals surface area contributed by atoms with Crippen LogP contribution in [-0.4, -0.2) is 38.9 Å². The quantitative estimate of drug-likeness (QED) is 0.781. The second kappa shape index (κ2) is 6.58. The van der Waals surface area contributed by atoms with E-state index in [2.05, 4.69) is 0 Å². The Morgan fingerprint density at radius 2 is 1.62 bits per heavy atom. The zero-order chi connectivity index (χ0) is 16.4. The van der Waals surface area contributed by atoms with Gasteiger partial charge in [-0.15, -0.1) is 0 Å². The molecule has 1 aromatic rings. The highest BCUT2D eigenvalue weighted by atomic mass is 32.2. The van der Waals surface area contributed by atoms with Crippen LogP contribution in [-0.2, 0) is 19.6 Å². The van der Waals surface area contributed by atoms with Crippen molar-refractivity contribution in [2.24, 2.45) is 0 Å². The molecular formula is C15H23NO4S. The van der Waals surface area contributed by atoms with Gasteiger partial charge in [-0.2, -0.15) is 4.31 Å². The Morgan fingerprint density at radius 1 is 1.14 bits per heavy atom. The Hall–Kier alpha value is -1.40. The largest absolute Gasteiger partial charge is 0.465 e. The molecule has 0 bridgehead atoms. The zero-order valence-corrected chi connectivity index (χ0v) is 14.3. The van der Waals surface area contributed by atoms with Gasteiger partial charge in [0.1, 0.15) is 6.54 Å². The van der Waals surface area contributed by atoms with Crippen molar-refractivity contribution in [1.82, 2.24) is 4.31 Å². The zero-order valence-electron chi connectivity index (χ0n) is 13.5. The van der Waals surface area contributed by atoms with Gasteiger partial charge < -0.3 is 4.74 Å². The number of carbonyl (C=O) groups is 1. The lowest BCUT2D eigenvalue weighted by molar-refractivity contribution is -0.143. The molecule has 0 N–H and O–H groups in total. The first-order valence-electron chi connectivity index (χ1n) is 6.82. The Labute approximate surface area is 127 Å². The summed E-state index contributed by atoms with van der Waals surface area (Å²) in [5.74, 6) is -0.553. The Balaban J connectivity index is 3.29. The van der Waals surface area contributed by atoms with Gasteiger partial charge in [0, 0.05) is 7.05 Å². The average molecular weight is 313 g/mol. The molecule has 0 amide bonds. The molecule has 6 heteroatoms.